The fourth-order valence-electron chi connectivity index (χ4n) is 5.03. The number of sulfonamides is 1. The Balaban J connectivity index is 1.24. The second-order valence-corrected chi connectivity index (χ2v) is 11.6. The lowest BCUT2D eigenvalue weighted by atomic mass is 9.80. The first-order valence-corrected chi connectivity index (χ1v) is 13.3. The second kappa shape index (κ2) is 9.65. The summed E-state index contributed by atoms with van der Waals surface area (Å²) in [6.45, 7) is 1.40. The SMILES string of the molecule is O=S(=O)(c1ccc(NC2CC(Cn3ccnn3)C2)c(Cl)c1)N1C[C@@H](CO)[C@H](c2ccccc2)C1. The van der Waals surface area contributed by atoms with Gasteiger partial charge in [-0.25, -0.2) is 8.42 Å². The van der Waals surface area contributed by atoms with Crippen molar-refractivity contribution in [2.75, 3.05) is 25.0 Å². The molecule has 0 radical (unpaired) electrons. The third-order valence-electron chi connectivity index (χ3n) is 6.96. The molecule has 1 aliphatic carbocycles. The third kappa shape index (κ3) is 4.70. The Morgan fingerprint density at radius 3 is 2.59 bits per heavy atom. The summed E-state index contributed by atoms with van der Waals surface area (Å²) in [5.41, 5.74) is 1.78. The summed E-state index contributed by atoms with van der Waals surface area (Å²) < 4.78 is 30.1. The minimum Gasteiger partial charge on any atom is -0.396 e. The molecule has 2 aromatic carbocycles. The van der Waals surface area contributed by atoms with Crippen LogP contribution in [0.3, 0.4) is 0 Å². The Hall–Kier alpha value is -2.46. The van der Waals surface area contributed by atoms with E-state index >= 15 is 0 Å². The van der Waals surface area contributed by atoms with Gasteiger partial charge in [0.1, 0.15) is 0 Å². The van der Waals surface area contributed by atoms with Gasteiger partial charge in [0, 0.05) is 50.3 Å². The maximum atomic E-state index is 13.4. The Morgan fingerprint density at radius 1 is 1.12 bits per heavy atom. The molecule has 34 heavy (non-hydrogen) atoms. The summed E-state index contributed by atoms with van der Waals surface area (Å²) in [5, 5.41) is 21.5. The molecular formula is C24H28ClN5O3S. The van der Waals surface area contributed by atoms with Crippen LogP contribution in [0.2, 0.25) is 5.02 Å². The van der Waals surface area contributed by atoms with Crippen LogP contribution in [0.5, 0.6) is 0 Å². The van der Waals surface area contributed by atoms with Crippen LogP contribution >= 0.6 is 11.6 Å². The van der Waals surface area contributed by atoms with E-state index < -0.39 is 10.0 Å². The fraction of sp³-hybridized carbons (Fsp3) is 0.417. The number of halogens is 1. The van der Waals surface area contributed by atoms with Gasteiger partial charge < -0.3 is 10.4 Å². The monoisotopic (exact) mass is 501 g/mol. The number of hydrogen-bond donors (Lipinski definition) is 2. The maximum Gasteiger partial charge on any atom is 0.243 e. The molecule has 2 fully saturated rings. The largest absolute Gasteiger partial charge is 0.396 e. The Bertz CT molecular complexity index is 1220. The van der Waals surface area contributed by atoms with Crippen LogP contribution < -0.4 is 5.32 Å². The predicted molar refractivity (Wildman–Crippen MR) is 130 cm³/mol. The van der Waals surface area contributed by atoms with E-state index in [1.54, 1.807) is 18.3 Å². The smallest absolute Gasteiger partial charge is 0.243 e. The molecule has 2 N–H and O–H groups in total. The van der Waals surface area contributed by atoms with Crippen molar-refractivity contribution in [1.82, 2.24) is 19.3 Å². The molecule has 5 rings (SSSR count). The van der Waals surface area contributed by atoms with Gasteiger partial charge in [0.05, 0.1) is 21.8 Å². The number of anilines is 1. The average Bonchev–Trinajstić information content (AvgIpc) is 3.49. The zero-order chi connectivity index (χ0) is 23.7. The lowest BCUT2D eigenvalue weighted by Gasteiger charge is -2.36. The third-order valence-corrected chi connectivity index (χ3v) is 9.10. The second-order valence-electron chi connectivity index (χ2n) is 9.23. The molecule has 0 bridgehead atoms. The molecule has 8 nitrogen and oxygen atoms in total. The number of nitrogens with one attached hydrogen (secondary N) is 1. The van der Waals surface area contributed by atoms with Gasteiger partial charge in [-0.15, -0.1) is 5.10 Å². The normalized spacial score (nSPS) is 25.2. The van der Waals surface area contributed by atoms with E-state index in [2.05, 4.69) is 15.6 Å². The van der Waals surface area contributed by atoms with Crippen LogP contribution in [0.15, 0.2) is 65.8 Å². The standard InChI is InChI=1S/C24H28ClN5O3S/c25-23-12-21(6-7-24(23)27-20-10-17(11-20)13-29-9-8-26-28-29)34(32,33)30-14-19(16-31)22(15-30)18-4-2-1-3-5-18/h1-9,12,17,19-20,22,27,31H,10-11,13-16H2/t17?,19-,20?,22-/m0/s1. The van der Waals surface area contributed by atoms with Gasteiger partial charge in [-0.3, -0.25) is 4.68 Å². The molecule has 0 spiro atoms. The molecule has 2 heterocycles. The quantitative estimate of drug-likeness (QED) is 0.491. The van der Waals surface area contributed by atoms with Crippen LogP contribution in [0, 0.1) is 11.8 Å². The highest BCUT2D eigenvalue weighted by Gasteiger charge is 2.40. The van der Waals surface area contributed by atoms with E-state index in [0.29, 0.717) is 23.5 Å². The summed E-state index contributed by atoms with van der Waals surface area (Å²) in [7, 11) is -3.73. The molecule has 1 saturated heterocycles. The van der Waals surface area contributed by atoms with Crippen LogP contribution in [-0.4, -0.2) is 58.6 Å². The fourth-order valence-corrected chi connectivity index (χ4v) is 6.88. The summed E-state index contributed by atoms with van der Waals surface area (Å²) in [6.07, 6.45) is 5.53. The van der Waals surface area contributed by atoms with E-state index in [9.17, 15) is 13.5 Å². The van der Waals surface area contributed by atoms with E-state index in [1.807, 2.05) is 41.2 Å². The maximum absolute atomic E-state index is 13.4. The summed E-state index contributed by atoms with van der Waals surface area (Å²) >= 11 is 6.49. The van der Waals surface area contributed by atoms with Crippen molar-refractivity contribution in [3.8, 4) is 0 Å². The van der Waals surface area contributed by atoms with E-state index in [1.165, 1.54) is 10.4 Å². The van der Waals surface area contributed by atoms with Gasteiger partial charge >= 0.3 is 0 Å². The van der Waals surface area contributed by atoms with Gasteiger partial charge in [-0.1, -0.05) is 47.1 Å². The average molecular weight is 502 g/mol. The number of aliphatic hydroxyl groups is 1. The Morgan fingerprint density at radius 2 is 1.91 bits per heavy atom. The summed E-state index contributed by atoms with van der Waals surface area (Å²) in [4.78, 5) is 0.172. The summed E-state index contributed by atoms with van der Waals surface area (Å²) in [5.74, 6) is 0.351. The molecule has 1 aromatic heterocycles. The topological polar surface area (TPSA) is 100 Å². The van der Waals surface area contributed by atoms with Crippen molar-refractivity contribution in [2.45, 2.75) is 36.2 Å². The van der Waals surface area contributed by atoms with Crippen molar-refractivity contribution in [3.05, 3.63) is 71.5 Å². The van der Waals surface area contributed by atoms with Crippen LogP contribution in [0.4, 0.5) is 5.69 Å². The molecular weight excluding hydrogens is 474 g/mol. The van der Waals surface area contributed by atoms with Crippen molar-refractivity contribution in [1.29, 1.82) is 0 Å². The van der Waals surface area contributed by atoms with Crippen molar-refractivity contribution in [3.63, 3.8) is 0 Å². The molecule has 3 aromatic rings. The molecule has 180 valence electrons. The molecule has 0 unspecified atom stereocenters. The molecule has 0 amide bonds. The van der Waals surface area contributed by atoms with Gasteiger partial charge in [0.15, 0.2) is 0 Å². The number of aromatic nitrogens is 3. The number of aliphatic hydroxyl groups excluding tert-OH is 1. The molecule has 1 aliphatic heterocycles. The molecule has 2 aliphatic rings. The predicted octanol–water partition coefficient (Wildman–Crippen LogP) is 3.22. The van der Waals surface area contributed by atoms with Crippen molar-refractivity contribution < 1.29 is 13.5 Å². The summed E-state index contributed by atoms with van der Waals surface area (Å²) in [6, 6.07) is 14.9. The van der Waals surface area contributed by atoms with Crippen LogP contribution in [0.1, 0.15) is 24.3 Å². The van der Waals surface area contributed by atoms with Gasteiger partial charge in [-0.05, 0) is 42.5 Å². The van der Waals surface area contributed by atoms with Crippen molar-refractivity contribution in [2.24, 2.45) is 11.8 Å². The lowest BCUT2D eigenvalue weighted by Crippen LogP contribution is -2.37. The number of rotatable bonds is 8. The Labute approximate surface area is 204 Å². The molecule has 1 saturated carbocycles. The first kappa shape index (κ1) is 23.3. The van der Waals surface area contributed by atoms with Crippen LogP contribution in [-0.2, 0) is 16.6 Å². The number of hydrogen-bond acceptors (Lipinski definition) is 6. The highest BCUT2D eigenvalue weighted by Crippen LogP contribution is 2.37. The van der Waals surface area contributed by atoms with Gasteiger partial charge in [-0.2, -0.15) is 4.31 Å². The highest BCUT2D eigenvalue weighted by atomic mass is 35.5. The van der Waals surface area contributed by atoms with E-state index in [4.69, 9.17) is 11.6 Å². The van der Waals surface area contributed by atoms with Gasteiger partial charge in [0.2, 0.25) is 10.0 Å². The first-order chi connectivity index (χ1) is 16.4. The Kier molecular flexibility index (Phi) is 6.61. The lowest BCUT2D eigenvalue weighted by molar-refractivity contribution is 0.223. The van der Waals surface area contributed by atoms with E-state index in [-0.39, 0.29) is 29.9 Å². The minimum absolute atomic E-state index is 0.0403. The number of nitrogens with zero attached hydrogens (tertiary/aromatic N) is 4. The van der Waals surface area contributed by atoms with E-state index in [0.717, 1.165) is 30.6 Å². The molecule has 10 heteroatoms. The van der Waals surface area contributed by atoms with Crippen molar-refractivity contribution >= 4 is 27.3 Å². The number of benzene rings is 2. The zero-order valence-electron chi connectivity index (χ0n) is 18.7. The minimum atomic E-state index is -3.73. The highest BCUT2D eigenvalue weighted by molar-refractivity contribution is 7.89. The van der Waals surface area contributed by atoms with Crippen LogP contribution in [0.25, 0.3) is 0 Å². The molecule has 2 atom stereocenters. The first-order valence-electron chi connectivity index (χ1n) is 11.5. The van der Waals surface area contributed by atoms with Gasteiger partial charge in [0.25, 0.3) is 0 Å². The zero-order valence-corrected chi connectivity index (χ0v) is 20.2.